The van der Waals surface area contributed by atoms with Gasteiger partial charge in [0, 0.05) is 10.7 Å². The van der Waals surface area contributed by atoms with Crippen LogP contribution in [-0.2, 0) is 10.0 Å². The van der Waals surface area contributed by atoms with Crippen molar-refractivity contribution in [3.8, 4) is 0 Å². The van der Waals surface area contributed by atoms with E-state index in [1.54, 1.807) is 31.3 Å². The summed E-state index contributed by atoms with van der Waals surface area (Å²) in [6.45, 7) is 1.69. The molecule has 0 aliphatic carbocycles. The van der Waals surface area contributed by atoms with Crippen molar-refractivity contribution < 1.29 is 12.8 Å². The fourth-order valence-corrected chi connectivity index (χ4v) is 3.95. The first kappa shape index (κ1) is 15.1. The standard InChI is InChI=1S/C13H12BrFN2O2S/c1-9(12-4-2-3-7-16-12)17-20(18,19)13-6-5-10(15)8-11(13)14/h2-9,17H,1H3. The minimum atomic E-state index is -3.76. The van der Waals surface area contributed by atoms with Gasteiger partial charge in [-0.25, -0.2) is 17.5 Å². The molecule has 1 atom stereocenters. The van der Waals surface area contributed by atoms with Gasteiger partial charge in [-0.2, -0.15) is 0 Å². The second-order valence-corrected chi connectivity index (χ2v) is 6.71. The quantitative estimate of drug-likeness (QED) is 0.913. The normalized spacial score (nSPS) is 13.2. The van der Waals surface area contributed by atoms with Gasteiger partial charge in [0.2, 0.25) is 10.0 Å². The maximum absolute atomic E-state index is 13.0. The monoisotopic (exact) mass is 358 g/mol. The fraction of sp³-hybridized carbons (Fsp3) is 0.154. The molecule has 0 aliphatic rings. The van der Waals surface area contributed by atoms with Crippen molar-refractivity contribution in [2.75, 3.05) is 0 Å². The molecule has 0 bridgehead atoms. The number of benzene rings is 1. The molecule has 1 aromatic carbocycles. The maximum Gasteiger partial charge on any atom is 0.242 e. The number of pyridine rings is 1. The predicted molar refractivity (Wildman–Crippen MR) is 77.1 cm³/mol. The summed E-state index contributed by atoms with van der Waals surface area (Å²) in [6.07, 6.45) is 1.59. The molecule has 0 radical (unpaired) electrons. The van der Waals surface area contributed by atoms with Gasteiger partial charge in [0.15, 0.2) is 0 Å². The highest BCUT2D eigenvalue weighted by Gasteiger charge is 2.21. The van der Waals surface area contributed by atoms with E-state index in [2.05, 4.69) is 25.6 Å². The summed E-state index contributed by atoms with van der Waals surface area (Å²) < 4.78 is 40.2. The summed E-state index contributed by atoms with van der Waals surface area (Å²) in [6, 6.07) is 8.20. The molecule has 0 amide bonds. The first-order valence-corrected chi connectivity index (χ1v) is 8.06. The van der Waals surface area contributed by atoms with E-state index < -0.39 is 21.9 Å². The van der Waals surface area contributed by atoms with E-state index >= 15 is 0 Å². The minimum Gasteiger partial charge on any atom is -0.260 e. The van der Waals surface area contributed by atoms with Crippen molar-refractivity contribution in [3.63, 3.8) is 0 Å². The predicted octanol–water partition coefficient (Wildman–Crippen LogP) is 3.02. The van der Waals surface area contributed by atoms with E-state index in [0.717, 1.165) is 12.1 Å². The Hall–Kier alpha value is -1.31. The van der Waals surface area contributed by atoms with Gasteiger partial charge in [0.05, 0.1) is 16.6 Å². The molecular formula is C13H12BrFN2O2S. The molecule has 0 fully saturated rings. The molecule has 1 heterocycles. The van der Waals surface area contributed by atoms with Crippen LogP contribution in [-0.4, -0.2) is 13.4 Å². The summed E-state index contributed by atoms with van der Waals surface area (Å²) in [7, 11) is -3.76. The van der Waals surface area contributed by atoms with E-state index in [1.165, 1.54) is 6.07 Å². The Bertz CT molecular complexity index is 708. The zero-order valence-electron chi connectivity index (χ0n) is 10.5. The Balaban J connectivity index is 2.28. The van der Waals surface area contributed by atoms with Crippen molar-refractivity contribution in [3.05, 3.63) is 58.6 Å². The number of hydrogen-bond acceptors (Lipinski definition) is 3. The van der Waals surface area contributed by atoms with E-state index in [0.29, 0.717) is 5.69 Å². The van der Waals surface area contributed by atoms with E-state index in [9.17, 15) is 12.8 Å². The number of nitrogens with zero attached hydrogens (tertiary/aromatic N) is 1. The molecule has 20 heavy (non-hydrogen) atoms. The van der Waals surface area contributed by atoms with Gasteiger partial charge in [-0.05, 0) is 53.2 Å². The van der Waals surface area contributed by atoms with Gasteiger partial charge in [0.1, 0.15) is 5.82 Å². The molecule has 0 saturated heterocycles. The van der Waals surface area contributed by atoms with Gasteiger partial charge in [0.25, 0.3) is 0 Å². The molecule has 0 spiro atoms. The molecule has 106 valence electrons. The van der Waals surface area contributed by atoms with Gasteiger partial charge in [-0.15, -0.1) is 0 Å². The summed E-state index contributed by atoms with van der Waals surface area (Å²) in [4.78, 5) is 4.08. The van der Waals surface area contributed by atoms with E-state index in [1.807, 2.05) is 0 Å². The third-order valence-electron chi connectivity index (χ3n) is 2.65. The smallest absolute Gasteiger partial charge is 0.242 e. The second kappa shape index (κ2) is 5.99. The first-order chi connectivity index (χ1) is 9.40. The Kier molecular flexibility index (Phi) is 4.52. The van der Waals surface area contributed by atoms with Crippen molar-refractivity contribution in [2.24, 2.45) is 0 Å². The van der Waals surface area contributed by atoms with Crippen LogP contribution < -0.4 is 4.72 Å². The number of halogens is 2. The molecule has 2 rings (SSSR count). The highest BCUT2D eigenvalue weighted by molar-refractivity contribution is 9.10. The largest absolute Gasteiger partial charge is 0.260 e. The SMILES string of the molecule is CC(NS(=O)(=O)c1ccc(F)cc1Br)c1ccccn1. The number of rotatable bonds is 4. The van der Waals surface area contributed by atoms with E-state index in [4.69, 9.17) is 0 Å². The Morgan fingerprint density at radius 1 is 1.30 bits per heavy atom. The van der Waals surface area contributed by atoms with Crippen LogP contribution in [0.25, 0.3) is 0 Å². The van der Waals surface area contributed by atoms with Crippen LogP contribution in [0, 0.1) is 5.82 Å². The minimum absolute atomic E-state index is 0.0123. The molecule has 0 saturated carbocycles. The number of nitrogens with one attached hydrogen (secondary N) is 1. The van der Waals surface area contributed by atoms with Crippen LogP contribution in [0.3, 0.4) is 0 Å². The third kappa shape index (κ3) is 3.41. The molecule has 1 unspecified atom stereocenters. The summed E-state index contributed by atoms with van der Waals surface area (Å²) in [5.74, 6) is -0.506. The zero-order chi connectivity index (χ0) is 14.8. The van der Waals surface area contributed by atoms with Crippen LogP contribution in [0.15, 0.2) is 52.0 Å². The Morgan fingerprint density at radius 3 is 2.65 bits per heavy atom. The fourth-order valence-electron chi connectivity index (χ4n) is 1.68. The summed E-state index contributed by atoms with van der Waals surface area (Å²) in [5.41, 5.74) is 0.606. The van der Waals surface area contributed by atoms with Crippen LogP contribution in [0.5, 0.6) is 0 Å². The van der Waals surface area contributed by atoms with Gasteiger partial charge >= 0.3 is 0 Å². The maximum atomic E-state index is 13.0. The lowest BCUT2D eigenvalue weighted by Gasteiger charge is -2.14. The van der Waals surface area contributed by atoms with Crippen molar-refractivity contribution in [1.82, 2.24) is 9.71 Å². The van der Waals surface area contributed by atoms with Crippen LogP contribution in [0.4, 0.5) is 4.39 Å². The molecule has 2 aromatic rings. The number of aromatic nitrogens is 1. The lowest BCUT2D eigenvalue weighted by atomic mass is 10.2. The average molecular weight is 359 g/mol. The number of sulfonamides is 1. The van der Waals surface area contributed by atoms with Crippen LogP contribution >= 0.6 is 15.9 Å². The molecule has 1 aromatic heterocycles. The highest BCUT2D eigenvalue weighted by atomic mass is 79.9. The molecule has 1 N–H and O–H groups in total. The topological polar surface area (TPSA) is 59.1 Å². The van der Waals surface area contributed by atoms with Crippen molar-refractivity contribution in [1.29, 1.82) is 0 Å². The third-order valence-corrected chi connectivity index (χ3v) is 5.16. The molecule has 0 aliphatic heterocycles. The molecule has 4 nitrogen and oxygen atoms in total. The Labute approximate surface area is 125 Å². The Morgan fingerprint density at radius 2 is 2.05 bits per heavy atom. The van der Waals surface area contributed by atoms with Crippen LogP contribution in [0.1, 0.15) is 18.7 Å². The first-order valence-electron chi connectivity index (χ1n) is 5.78. The van der Waals surface area contributed by atoms with Crippen molar-refractivity contribution >= 4 is 26.0 Å². The lowest BCUT2D eigenvalue weighted by molar-refractivity contribution is 0.562. The van der Waals surface area contributed by atoms with Gasteiger partial charge in [-0.1, -0.05) is 6.07 Å². The molecule has 7 heteroatoms. The summed E-state index contributed by atoms with van der Waals surface area (Å²) >= 11 is 3.05. The lowest BCUT2D eigenvalue weighted by Crippen LogP contribution is -2.27. The van der Waals surface area contributed by atoms with Gasteiger partial charge < -0.3 is 0 Å². The van der Waals surface area contributed by atoms with Crippen LogP contribution in [0.2, 0.25) is 0 Å². The molecular weight excluding hydrogens is 347 g/mol. The second-order valence-electron chi connectivity index (χ2n) is 4.17. The van der Waals surface area contributed by atoms with Gasteiger partial charge in [-0.3, -0.25) is 4.98 Å². The van der Waals surface area contributed by atoms with Crippen molar-refractivity contribution in [2.45, 2.75) is 17.9 Å². The summed E-state index contributed by atoms with van der Waals surface area (Å²) in [5, 5.41) is 0. The highest BCUT2D eigenvalue weighted by Crippen LogP contribution is 2.24. The zero-order valence-corrected chi connectivity index (χ0v) is 12.9. The average Bonchev–Trinajstić information content (AvgIpc) is 2.38. The van der Waals surface area contributed by atoms with E-state index in [-0.39, 0.29) is 9.37 Å². The number of hydrogen-bond donors (Lipinski definition) is 1.